The number of para-hydroxylation sites is 1. The topological polar surface area (TPSA) is 93.3 Å². The van der Waals surface area contributed by atoms with Gasteiger partial charge in [-0.1, -0.05) is 30.3 Å². The van der Waals surface area contributed by atoms with E-state index in [1.807, 2.05) is 30.3 Å². The van der Waals surface area contributed by atoms with Gasteiger partial charge in [0.15, 0.2) is 6.61 Å². The minimum Gasteiger partial charge on any atom is -0.457 e. The lowest BCUT2D eigenvalue weighted by molar-refractivity contribution is -0.119. The molecule has 0 aliphatic rings. The van der Waals surface area contributed by atoms with Crippen molar-refractivity contribution in [3.63, 3.8) is 0 Å². The molecule has 144 valence electrons. The van der Waals surface area contributed by atoms with Gasteiger partial charge in [-0.2, -0.15) is 5.10 Å². The highest BCUT2D eigenvalue weighted by molar-refractivity contribution is 5.97. The molecule has 1 heterocycles. The van der Waals surface area contributed by atoms with Crippen LogP contribution in [0.3, 0.4) is 0 Å². The summed E-state index contributed by atoms with van der Waals surface area (Å²) in [7, 11) is 0. The minimum absolute atomic E-state index is 0.341. The number of nitrogens with one attached hydrogen (secondary N) is 2. The monoisotopic (exact) mass is 387 g/mol. The number of ether oxygens (including phenoxy) is 2. The second-order valence-electron chi connectivity index (χ2n) is 6.24. The second-order valence-corrected chi connectivity index (χ2v) is 6.24. The molecule has 0 aliphatic heterocycles. The van der Waals surface area contributed by atoms with Gasteiger partial charge in [-0.05, 0) is 36.4 Å². The number of aromatic amines is 1. The molecule has 0 radical (unpaired) electrons. The highest BCUT2D eigenvalue weighted by atomic mass is 16.5. The fourth-order valence-corrected chi connectivity index (χ4v) is 2.74. The van der Waals surface area contributed by atoms with E-state index >= 15 is 0 Å². The first-order valence-corrected chi connectivity index (χ1v) is 8.90. The Bertz CT molecular complexity index is 1150. The molecule has 29 heavy (non-hydrogen) atoms. The molecular weight excluding hydrogens is 370 g/mol. The first-order chi connectivity index (χ1) is 14.2. The van der Waals surface area contributed by atoms with Crippen molar-refractivity contribution >= 4 is 28.5 Å². The molecule has 3 aromatic carbocycles. The summed E-state index contributed by atoms with van der Waals surface area (Å²) in [5, 5.41) is 10.3. The van der Waals surface area contributed by atoms with Crippen LogP contribution in [0, 0.1) is 0 Å². The van der Waals surface area contributed by atoms with E-state index in [0.29, 0.717) is 22.7 Å². The smallest absolute Gasteiger partial charge is 0.338 e. The zero-order chi connectivity index (χ0) is 20.1. The van der Waals surface area contributed by atoms with Crippen LogP contribution in [0.25, 0.3) is 10.9 Å². The van der Waals surface area contributed by atoms with Crippen molar-refractivity contribution in [2.75, 3.05) is 11.9 Å². The first-order valence-electron chi connectivity index (χ1n) is 8.90. The second kappa shape index (κ2) is 8.26. The third-order valence-corrected chi connectivity index (χ3v) is 4.11. The number of carbonyl (C=O) groups excluding carboxylic acids is 2. The number of hydrogen-bond donors (Lipinski definition) is 2. The van der Waals surface area contributed by atoms with Crippen LogP contribution >= 0.6 is 0 Å². The Labute approximate surface area is 166 Å². The van der Waals surface area contributed by atoms with Crippen molar-refractivity contribution in [2.24, 2.45) is 0 Å². The molecule has 0 atom stereocenters. The van der Waals surface area contributed by atoms with Crippen molar-refractivity contribution in [1.29, 1.82) is 0 Å². The maximum Gasteiger partial charge on any atom is 0.338 e. The predicted octanol–water partition coefficient (Wildman–Crippen LogP) is 4.15. The van der Waals surface area contributed by atoms with Crippen LogP contribution in [0.5, 0.6) is 11.5 Å². The molecule has 4 aromatic rings. The molecule has 0 unspecified atom stereocenters. The maximum absolute atomic E-state index is 12.2. The van der Waals surface area contributed by atoms with Gasteiger partial charge in [0.05, 0.1) is 17.3 Å². The maximum atomic E-state index is 12.2. The van der Waals surface area contributed by atoms with E-state index in [-0.39, 0.29) is 0 Å². The van der Waals surface area contributed by atoms with Crippen LogP contribution < -0.4 is 10.1 Å². The lowest BCUT2D eigenvalue weighted by Gasteiger charge is -2.09. The van der Waals surface area contributed by atoms with E-state index in [4.69, 9.17) is 9.47 Å². The van der Waals surface area contributed by atoms with Crippen LogP contribution in [0.1, 0.15) is 10.4 Å². The van der Waals surface area contributed by atoms with Gasteiger partial charge in [0.1, 0.15) is 11.5 Å². The molecule has 0 aliphatic carbocycles. The van der Waals surface area contributed by atoms with Crippen LogP contribution in [0.2, 0.25) is 0 Å². The van der Waals surface area contributed by atoms with Crippen molar-refractivity contribution < 1.29 is 19.1 Å². The minimum atomic E-state index is -0.585. The zero-order valence-electron chi connectivity index (χ0n) is 15.3. The molecule has 0 saturated carbocycles. The molecule has 1 amide bonds. The molecule has 4 rings (SSSR count). The molecule has 0 bridgehead atoms. The number of carbonyl (C=O) groups is 2. The highest BCUT2D eigenvalue weighted by Crippen LogP contribution is 2.23. The van der Waals surface area contributed by atoms with Crippen molar-refractivity contribution in [3.8, 4) is 11.5 Å². The van der Waals surface area contributed by atoms with Crippen LogP contribution in [0.15, 0.2) is 79.0 Å². The summed E-state index contributed by atoms with van der Waals surface area (Å²) >= 11 is 0. The highest BCUT2D eigenvalue weighted by Gasteiger charge is 2.12. The van der Waals surface area contributed by atoms with Gasteiger partial charge < -0.3 is 14.8 Å². The lowest BCUT2D eigenvalue weighted by atomic mass is 10.2. The van der Waals surface area contributed by atoms with Gasteiger partial charge in [-0.15, -0.1) is 0 Å². The molecular formula is C22H17N3O4. The number of esters is 1. The summed E-state index contributed by atoms with van der Waals surface area (Å²) in [6.45, 7) is -0.399. The van der Waals surface area contributed by atoms with Gasteiger partial charge in [-0.3, -0.25) is 9.89 Å². The van der Waals surface area contributed by atoms with E-state index in [0.717, 1.165) is 10.9 Å². The predicted molar refractivity (Wildman–Crippen MR) is 108 cm³/mol. The standard InChI is InChI=1S/C22H17N3O4/c26-21(14-28-22(27)15-9-10-16-13-23-25-20(16)11-15)24-17-5-4-8-19(12-17)29-18-6-2-1-3-7-18/h1-13H,14H2,(H,23,25)(H,24,26). The van der Waals surface area contributed by atoms with Crippen molar-refractivity contribution in [2.45, 2.75) is 0 Å². The normalized spacial score (nSPS) is 10.5. The Kier molecular flexibility index (Phi) is 5.20. The SMILES string of the molecule is O=C(COC(=O)c1ccc2cn[nH]c2c1)Nc1cccc(Oc2ccccc2)c1. The van der Waals surface area contributed by atoms with E-state index in [1.165, 1.54) is 0 Å². The van der Waals surface area contributed by atoms with Gasteiger partial charge in [0, 0.05) is 17.1 Å². The van der Waals surface area contributed by atoms with E-state index < -0.39 is 18.5 Å². The Balaban J connectivity index is 1.33. The fraction of sp³-hybridized carbons (Fsp3) is 0.0455. The lowest BCUT2D eigenvalue weighted by Crippen LogP contribution is -2.20. The molecule has 0 fully saturated rings. The number of rotatable bonds is 6. The number of amides is 1. The number of H-pyrrole nitrogens is 1. The summed E-state index contributed by atoms with van der Waals surface area (Å²) in [5.74, 6) is 0.244. The molecule has 0 spiro atoms. The number of aromatic nitrogens is 2. The summed E-state index contributed by atoms with van der Waals surface area (Å²) in [6, 6.07) is 21.3. The third kappa shape index (κ3) is 4.59. The van der Waals surface area contributed by atoms with E-state index in [2.05, 4.69) is 15.5 Å². The number of nitrogens with zero attached hydrogens (tertiary/aromatic N) is 1. The van der Waals surface area contributed by atoms with E-state index in [9.17, 15) is 9.59 Å². The molecule has 7 heteroatoms. The summed E-state index contributed by atoms with van der Waals surface area (Å²) in [4.78, 5) is 24.3. The fourth-order valence-electron chi connectivity index (χ4n) is 2.74. The molecule has 1 aromatic heterocycles. The van der Waals surface area contributed by atoms with Gasteiger partial charge in [0.25, 0.3) is 5.91 Å². The Hall–Kier alpha value is -4.13. The third-order valence-electron chi connectivity index (χ3n) is 4.11. The summed E-state index contributed by atoms with van der Waals surface area (Å²) in [5.41, 5.74) is 1.60. The Morgan fingerprint density at radius 3 is 2.62 bits per heavy atom. The quantitative estimate of drug-likeness (QED) is 0.485. The zero-order valence-corrected chi connectivity index (χ0v) is 15.3. The van der Waals surface area contributed by atoms with Gasteiger partial charge >= 0.3 is 5.97 Å². The molecule has 0 saturated heterocycles. The average Bonchev–Trinajstić information content (AvgIpc) is 3.21. The van der Waals surface area contributed by atoms with Crippen LogP contribution in [-0.2, 0) is 9.53 Å². The van der Waals surface area contributed by atoms with Crippen molar-refractivity contribution in [3.05, 3.63) is 84.6 Å². The van der Waals surface area contributed by atoms with Crippen molar-refractivity contribution in [1.82, 2.24) is 10.2 Å². The number of fused-ring (bicyclic) bond motifs is 1. The summed E-state index contributed by atoms with van der Waals surface area (Å²) in [6.07, 6.45) is 1.66. The largest absolute Gasteiger partial charge is 0.457 e. The van der Waals surface area contributed by atoms with Crippen LogP contribution in [-0.4, -0.2) is 28.7 Å². The number of anilines is 1. The Morgan fingerprint density at radius 2 is 1.76 bits per heavy atom. The number of hydrogen-bond acceptors (Lipinski definition) is 5. The first kappa shape index (κ1) is 18.2. The number of benzene rings is 3. The molecule has 2 N–H and O–H groups in total. The Morgan fingerprint density at radius 1 is 0.931 bits per heavy atom. The summed E-state index contributed by atoms with van der Waals surface area (Å²) < 4.78 is 10.8. The average molecular weight is 387 g/mol. The molecule has 7 nitrogen and oxygen atoms in total. The van der Waals surface area contributed by atoms with Gasteiger partial charge in [-0.25, -0.2) is 4.79 Å². The van der Waals surface area contributed by atoms with Gasteiger partial charge in [0.2, 0.25) is 0 Å². The van der Waals surface area contributed by atoms with E-state index in [1.54, 1.807) is 48.7 Å². The van der Waals surface area contributed by atoms with Crippen LogP contribution in [0.4, 0.5) is 5.69 Å².